The van der Waals surface area contributed by atoms with Gasteiger partial charge in [-0.2, -0.15) is 0 Å². The zero-order valence-corrected chi connectivity index (χ0v) is 13.2. The summed E-state index contributed by atoms with van der Waals surface area (Å²) in [6.45, 7) is 3.57. The fourth-order valence-corrected chi connectivity index (χ4v) is 4.06. The molecule has 4 heteroatoms. The molecular formula is C17H29N3O. The maximum atomic E-state index is 10.5. The first-order chi connectivity index (χ1) is 10.2. The van der Waals surface area contributed by atoms with Crippen molar-refractivity contribution in [3.05, 3.63) is 18.2 Å². The van der Waals surface area contributed by atoms with Gasteiger partial charge in [-0.3, -0.25) is 0 Å². The summed E-state index contributed by atoms with van der Waals surface area (Å²) < 4.78 is 1.94. The Bertz CT molecular complexity index is 431. The van der Waals surface area contributed by atoms with E-state index in [4.69, 9.17) is 0 Å². The van der Waals surface area contributed by atoms with Crippen molar-refractivity contribution in [2.24, 2.45) is 18.9 Å². The normalized spacial score (nSPS) is 24.3. The average Bonchev–Trinajstić information content (AvgIpc) is 2.94. The van der Waals surface area contributed by atoms with Gasteiger partial charge in [0.25, 0.3) is 0 Å². The first-order valence-corrected chi connectivity index (χ1v) is 8.61. The molecule has 1 saturated carbocycles. The molecule has 2 fully saturated rings. The van der Waals surface area contributed by atoms with E-state index in [2.05, 4.69) is 9.88 Å². The van der Waals surface area contributed by atoms with Gasteiger partial charge in [-0.05, 0) is 50.6 Å². The molecule has 0 aromatic carbocycles. The van der Waals surface area contributed by atoms with Crippen molar-refractivity contribution in [1.29, 1.82) is 0 Å². The molecule has 0 radical (unpaired) electrons. The second kappa shape index (κ2) is 6.93. The summed E-state index contributed by atoms with van der Waals surface area (Å²) in [5.74, 6) is 2.12. The largest absolute Gasteiger partial charge is 0.385 e. The maximum Gasteiger partial charge on any atom is 0.137 e. The number of aromatic nitrogens is 2. The second-order valence-electron chi connectivity index (χ2n) is 6.98. The number of aliphatic hydroxyl groups is 1. The molecule has 0 spiro atoms. The molecule has 1 unspecified atom stereocenters. The quantitative estimate of drug-likeness (QED) is 0.927. The van der Waals surface area contributed by atoms with Crippen molar-refractivity contribution in [1.82, 2.24) is 14.5 Å². The molecular weight excluding hydrogens is 262 g/mol. The monoisotopic (exact) mass is 291 g/mol. The van der Waals surface area contributed by atoms with Gasteiger partial charge in [0.1, 0.15) is 11.9 Å². The van der Waals surface area contributed by atoms with E-state index in [1.54, 1.807) is 6.20 Å². The van der Waals surface area contributed by atoms with Gasteiger partial charge < -0.3 is 14.6 Å². The van der Waals surface area contributed by atoms with Crippen LogP contribution in [0.25, 0.3) is 0 Å². The van der Waals surface area contributed by atoms with Gasteiger partial charge in [-0.1, -0.05) is 19.3 Å². The average molecular weight is 291 g/mol. The molecule has 1 saturated heterocycles. The Labute approximate surface area is 128 Å². The summed E-state index contributed by atoms with van der Waals surface area (Å²) in [5, 5.41) is 10.5. The van der Waals surface area contributed by atoms with Crippen molar-refractivity contribution in [3.8, 4) is 0 Å². The van der Waals surface area contributed by atoms with Crippen LogP contribution in [0, 0.1) is 11.8 Å². The standard InChI is InChI=1S/C17H29N3O/c1-19-12-9-18-17(19)16(21)15-7-10-20(11-8-15)13-14-5-3-2-4-6-14/h9,12,14-16,21H,2-8,10-11,13H2,1H3. The first kappa shape index (κ1) is 15.0. The fourth-order valence-electron chi connectivity index (χ4n) is 4.06. The Morgan fingerprint density at radius 1 is 1.19 bits per heavy atom. The number of hydrogen-bond acceptors (Lipinski definition) is 3. The molecule has 4 nitrogen and oxygen atoms in total. The van der Waals surface area contributed by atoms with Crippen LogP contribution in [0.2, 0.25) is 0 Å². The fraction of sp³-hybridized carbons (Fsp3) is 0.824. The molecule has 1 atom stereocenters. The Balaban J connectivity index is 1.47. The van der Waals surface area contributed by atoms with Gasteiger partial charge >= 0.3 is 0 Å². The number of nitrogens with zero attached hydrogens (tertiary/aromatic N) is 3. The molecule has 0 bridgehead atoms. The lowest BCUT2D eigenvalue weighted by Crippen LogP contribution is -2.39. The van der Waals surface area contributed by atoms with Crippen molar-refractivity contribution in [2.45, 2.75) is 51.0 Å². The topological polar surface area (TPSA) is 41.3 Å². The predicted molar refractivity (Wildman–Crippen MR) is 83.9 cm³/mol. The van der Waals surface area contributed by atoms with Crippen LogP contribution >= 0.6 is 0 Å². The minimum absolute atomic E-state index is 0.369. The number of imidazole rings is 1. The minimum Gasteiger partial charge on any atom is -0.385 e. The molecule has 2 heterocycles. The summed E-state index contributed by atoms with van der Waals surface area (Å²) in [7, 11) is 1.96. The van der Waals surface area contributed by atoms with E-state index < -0.39 is 6.10 Å². The summed E-state index contributed by atoms with van der Waals surface area (Å²) in [6, 6.07) is 0. The summed E-state index contributed by atoms with van der Waals surface area (Å²) in [4.78, 5) is 6.93. The molecule has 1 aliphatic carbocycles. The van der Waals surface area contributed by atoms with Crippen LogP contribution < -0.4 is 0 Å². The molecule has 118 valence electrons. The lowest BCUT2D eigenvalue weighted by Gasteiger charge is -2.36. The zero-order chi connectivity index (χ0) is 14.7. The summed E-state index contributed by atoms with van der Waals surface area (Å²) in [5.41, 5.74) is 0. The number of rotatable bonds is 4. The van der Waals surface area contributed by atoms with E-state index in [-0.39, 0.29) is 0 Å². The number of aryl methyl sites for hydroxylation is 1. The van der Waals surface area contributed by atoms with Crippen LogP contribution in [0.15, 0.2) is 12.4 Å². The highest BCUT2D eigenvalue weighted by molar-refractivity contribution is 4.98. The smallest absolute Gasteiger partial charge is 0.137 e. The lowest BCUT2D eigenvalue weighted by atomic mass is 9.87. The van der Waals surface area contributed by atoms with Crippen molar-refractivity contribution in [3.63, 3.8) is 0 Å². The van der Waals surface area contributed by atoms with Crippen LogP contribution in [0.5, 0.6) is 0 Å². The van der Waals surface area contributed by atoms with Gasteiger partial charge in [0.15, 0.2) is 0 Å². The number of likely N-dealkylation sites (tertiary alicyclic amines) is 1. The van der Waals surface area contributed by atoms with Crippen molar-refractivity contribution in [2.75, 3.05) is 19.6 Å². The van der Waals surface area contributed by atoms with E-state index in [0.29, 0.717) is 5.92 Å². The highest BCUT2D eigenvalue weighted by Crippen LogP contribution is 2.31. The van der Waals surface area contributed by atoms with Gasteiger partial charge in [0.2, 0.25) is 0 Å². The molecule has 1 aromatic heterocycles. The van der Waals surface area contributed by atoms with Gasteiger partial charge in [-0.25, -0.2) is 4.98 Å². The second-order valence-corrected chi connectivity index (χ2v) is 6.98. The van der Waals surface area contributed by atoms with E-state index in [9.17, 15) is 5.11 Å². The predicted octanol–water partition coefficient (Wildman–Crippen LogP) is 2.75. The van der Waals surface area contributed by atoms with Crippen molar-refractivity contribution >= 4 is 0 Å². The zero-order valence-electron chi connectivity index (χ0n) is 13.2. The molecule has 0 amide bonds. The van der Waals surface area contributed by atoms with Gasteiger partial charge in [-0.15, -0.1) is 0 Å². The Morgan fingerprint density at radius 3 is 2.52 bits per heavy atom. The summed E-state index contributed by atoms with van der Waals surface area (Å²) in [6.07, 6.45) is 12.6. The third-order valence-electron chi connectivity index (χ3n) is 5.44. The highest BCUT2D eigenvalue weighted by atomic mass is 16.3. The molecule has 3 rings (SSSR count). The van der Waals surface area contributed by atoms with E-state index in [1.807, 2.05) is 17.8 Å². The Hall–Kier alpha value is -0.870. The van der Waals surface area contributed by atoms with Crippen LogP contribution in [0.3, 0.4) is 0 Å². The molecule has 21 heavy (non-hydrogen) atoms. The van der Waals surface area contributed by atoms with Gasteiger partial charge in [0.05, 0.1) is 0 Å². The first-order valence-electron chi connectivity index (χ1n) is 8.61. The number of aliphatic hydroxyl groups excluding tert-OH is 1. The minimum atomic E-state index is -0.401. The Kier molecular flexibility index (Phi) is 4.96. The third kappa shape index (κ3) is 3.67. The van der Waals surface area contributed by atoms with Crippen LogP contribution in [0.1, 0.15) is 56.9 Å². The maximum absolute atomic E-state index is 10.5. The highest BCUT2D eigenvalue weighted by Gasteiger charge is 2.29. The van der Waals surface area contributed by atoms with Crippen LogP contribution in [-0.4, -0.2) is 39.2 Å². The van der Waals surface area contributed by atoms with E-state index in [0.717, 1.165) is 37.7 Å². The third-order valence-corrected chi connectivity index (χ3v) is 5.44. The van der Waals surface area contributed by atoms with E-state index in [1.165, 1.54) is 38.6 Å². The Morgan fingerprint density at radius 2 is 1.90 bits per heavy atom. The number of piperidine rings is 1. The van der Waals surface area contributed by atoms with Gasteiger partial charge in [0, 0.05) is 26.0 Å². The SMILES string of the molecule is Cn1ccnc1C(O)C1CCN(CC2CCCCC2)CC1. The molecule has 2 aliphatic rings. The molecule has 1 aliphatic heterocycles. The lowest BCUT2D eigenvalue weighted by molar-refractivity contribution is 0.0452. The molecule has 1 aromatic rings. The number of hydrogen-bond donors (Lipinski definition) is 1. The van der Waals surface area contributed by atoms with Crippen LogP contribution in [-0.2, 0) is 7.05 Å². The molecule has 1 N–H and O–H groups in total. The van der Waals surface area contributed by atoms with E-state index >= 15 is 0 Å². The summed E-state index contributed by atoms with van der Waals surface area (Å²) >= 11 is 0. The van der Waals surface area contributed by atoms with Crippen molar-refractivity contribution < 1.29 is 5.11 Å². The van der Waals surface area contributed by atoms with Crippen LogP contribution in [0.4, 0.5) is 0 Å².